The first-order valence-electron chi connectivity index (χ1n) is 13.0. The molecule has 1 aliphatic heterocycles. The van der Waals surface area contributed by atoms with Crippen molar-refractivity contribution in [3.8, 4) is 0 Å². The van der Waals surface area contributed by atoms with Crippen LogP contribution in [0.15, 0.2) is 30.3 Å². The van der Waals surface area contributed by atoms with Crippen molar-refractivity contribution in [2.45, 2.75) is 72.4 Å². The first-order valence-corrected chi connectivity index (χ1v) is 13.0. The average Bonchev–Trinajstić information content (AvgIpc) is 2.89. The van der Waals surface area contributed by atoms with Crippen LogP contribution in [-0.4, -0.2) is 63.9 Å². The highest BCUT2D eigenvalue weighted by molar-refractivity contribution is 5.92. The smallest absolute Gasteiger partial charge is 0.258 e. The van der Waals surface area contributed by atoms with Crippen LogP contribution in [0.1, 0.15) is 71.6 Å². The Hall–Kier alpha value is -3.66. The highest BCUT2D eigenvalue weighted by Gasteiger charge is 2.29. The summed E-state index contributed by atoms with van der Waals surface area (Å²) in [6, 6.07) is 6.63. The van der Waals surface area contributed by atoms with E-state index in [2.05, 4.69) is 40.1 Å². The molecule has 0 spiro atoms. The van der Waals surface area contributed by atoms with Gasteiger partial charge in [0.05, 0.1) is 29.2 Å². The highest BCUT2D eigenvalue weighted by Crippen LogP contribution is 2.22. The molecule has 1 aromatic heterocycles. The number of fused-ring (bicyclic) bond motifs is 1. The summed E-state index contributed by atoms with van der Waals surface area (Å²) in [6.07, 6.45) is 5.04. The van der Waals surface area contributed by atoms with Gasteiger partial charge in [0.1, 0.15) is 11.8 Å². The topological polar surface area (TPSA) is 133 Å². The Bertz CT molecular complexity index is 1240. The van der Waals surface area contributed by atoms with E-state index in [4.69, 9.17) is 0 Å². The van der Waals surface area contributed by atoms with Crippen molar-refractivity contribution in [1.82, 2.24) is 31.3 Å². The zero-order valence-corrected chi connectivity index (χ0v) is 23.0. The van der Waals surface area contributed by atoms with Crippen LogP contribution in [0.3, 0.4) is 0 Å². The molecule has 2 aromatic rings. The molecular formula is C28H38N6O4. The zero-order valence-electron chi connectivity index (χ0n) is 23.0. The third kappa shape index (κ3) is 7.44. The Balaban J connectivity index is 1.53. The molecule has 3 rings (SSSR count). The van der Waals surface area contributed by atoms with Crippen molar-refractivity contribution >= 4 is 40.5 Å². The SMILES string of the molecule is CC(=O)C1CCCN(C(=O)C(C)NC(=O)CNC(=O)C(C)(C)/C=C/c2ccc3nnc(C(C)C)cc3c2)N1. The molecule has 3 N–H and O–H groups in total. The van der Waals surface area contributed by atoms with E-state index in [0.29, 0.717) is 19.4 Å². The number of amides is 3. The molecular weight excluding hydrogens is 484 g/mol. The predicted octanol–water partition coefficient (Wildman–Crippen LogP) is 2.50. The molecule has 0 aliphatic carbocycles. The Labute approximate surface area is 223 Å². The van der Waals surface area contributed by atoms with Gasteiger partial charge in [0.2, 0.25) is 11.8 Å². The van der Waals surface area contributed by atoms with E-state index in [1.165, 1.54) is 11.9 Å². The fourth-order valence-electron chi connectivity index (χ4n) is 4.06. The standard InChI is InChI=1S/C28H38N6O4/c1-17(2)24-15-21-14-20(9-10-23(21)31-32-24)11-12-28(5,6)27(38)29-16-25(36)30-18(3)26(37)34-13-7-8-22(33-34)19(4)35/h9-12,14-15,17-18,22,33H,7-8,13,16H2,1-6H3,(H,29,38)(H,30,36)/b12-11+. The lowest BCUT2D eigenvalue weighted by molar-refractivity contribution is -0.142. The Morgan fingerprint density at radius 2 is 1.89 bits per heavy atom. The van der Waals surface area contributed by atoms with Crippen LogP contribution in [0.5, 0.6) is 0 Å². The van der Waals surface area contributed by atoms with Gasteiger partial charge >= 0.3 is 0 Å². The van der Waals surface area contributed by atoms with E-state index in [9.17, 15) is 19.2 Å². The van der Waals surface area contributed by atoms with Crippen LogP contribution < -0.4 is 16.1 Å². The third-order valence-corrected chi connectivity index (χ3v) is 6.60. The maximum absolute atomic E-state index is 12.8. The van der Waals surface area contributed by atoms with Gasteiger partial charge < -0.3 is 10.6 Å². The third-order valence-electron chi connectivity index (χ3n) is 6.60. The summed E-state index contributed by atoms with van der Waals surface area (Å²) >= 11 is 0. The second-order valence-electron chi connectivity index (χ2n) is 10.7. The number of hydrazine groups is 1. The van der Waals surface area contributed by atoms with E-state index < -0.39 is 23.4 Å². The quantitative estimate of drug-likeness (QED) is 0.461. The van der Waals surface area contributed by atoms with E-state index in [0.717, 1.165) is 22.2 Å². The number of aromatic nitrogens is 2. The van der Waals surface area contributed by atoms with Crippen molar-refractivity contribution < 1.29 is 19.2 Å². The van der Waals surface area contributed by atoms with Crippen LogP contribution in [-0.2, 0) is 19.2 Å². The number of Topliss-reactive ketones (excluding diaryl/α,β-unsaturated/α-hetero) is 1. The van der Waals surface area contributed by atoms with Crippen LogP contribution in [0.25, 0.3) is 17.0 Å². The van der Waals surface area contributed by atoms with E-state index in [1.807, 2.05) is 30.3 Å². The number of hydrogen-bond donors (Lipinski definition) is 3. The van der Waals surface area contributed by atoms with Gasteiger partial charge in [0.25, 0.3) is 5.91 Å². The second kappa shape index (κ2) is 12.3. The molecule has 10 nitrogen and oxygen atoms in total. The number of carbonyl (C=O) groups excluding carboxylic acids is 4. The first-order chi connectivity index (χ1) is 17.9. The number of ketones is 1. The molecule has 2 heterocycles. The molecule has 3 amide bonds. The number of rotatable bonds is 9. The van der Waals surface area contributed by atoms with Crippen LogP contribution >= 0.6 is 0 Å². The summed E-state index contributed by atoms with van der Waals surface area (Å²) in [5, 5.41) is 16.1. The van der Waals surface area contributed by atoms with Crippen molar-refractivity contribution in [1.29, 1.82) is 0 Å². The molecule has 1 fully saturated rings. The van der Waals surface area contributed by atoms with Crippen LogP contribution in [0.2, 0.25) is 0 Å². The van der Waals surface area contributed by atoms with Gasteiger partial charge in [-0.25, -0.2) is 5.43 Å². The fraction of sp³-hybridized carbons (Fsp3) is 0.500. The average molecular weight is 523 g/mol. The van der Waals surface area contributed by atoms with Crippen LogP contribution in [0, 0.1) is 5.41 Å². The molecule has 1 aromatic carbocycles. The van der Waals surface area contributed by atoms with Crippen molar-refractivity contribution in [2.75, 3.05) is 13.1 Å². The first kappa shape index (κ1) is 28.9. The largest absolute Gasteiger partial charge is 0.346 e. The second-order valence-corrected chi connectivity index (χ2v) is 10.7. The van der Waals surface area contributed by atoms with Crippen molar-refractivity contribution in [2.24, 2.45) is 5.41 Å². The maximum atomic E-state index is 12.8. The number of nitrogens with one attached hydrogen (secondary N) is 3. The predicted molar refractivity (Wildman–Crippen MR) is 146 cm³/mol. The van der Waals surface area contributed by atoms with Crippen molar-refractivity contribution in [3.63, 3.8) is 0 Å². The van der Waals surface area contributed by atoms with E-state index in [-0.39, 0.29) is 30.1 Å². The maximum Gasteiger partial charge on any atom is 0.258 e. The fourth-order valence-corrected chi connectivity index (χ4v) is 4.06. The number of hydrogen-bond acceptors (Lipinski definition) is 7. The van der Waals surface area contributed by atoms with E-state index in [1.54, 1.807) is 26.8 Å². The minimum atomic E-state index is -0.879. The van der Waals surface area contributed by atoms with Gasteiger partial charge in [0, 0.05) is 11.9 Å². The lowest BCUT2D eigenvalue weighted by Crippen LogP contribution is -2.59. The van der Waals surface area contributed by atoms with Gasteiger partial charge in [-0.05, 0) is 70.2 Å². The molecule has 38 heavy (non-hydrogen) atoms. The van der Waals surface area contributed by atoms with E-state index >= 15 is 0 Å². The number of carbonyl (C=O) groups is 4. The minimum absolute atomic E-state index is 0.0336. The normalized spacial score (nSPS) is 17.0. The molecule has 2 unspecified atom stereocenters. The Kier molecular flexibility index (Phi) is 9.32. The lowest BCUT2D eigenvalue weighted by atomic mass is 9.91. The van der Waals surface area contributed by atoms with Crippen LogP contribution in [0.4, 0.5) is 0 Å². The van der Waals surface area contributed by atoms with Gasteiger partial charge in [-0.1, -0.05) is 32.1 Å². The van der Waals surface area contributed by atoms with Gasteiger partial charge in [-0.2, -0.15) is 10.2 Å². The van der Waals surface area contributed by atoms with Gasteiger partial charge in [-0.3, -0.25) is 24.2 Å². The molecule has 0 radical (unpaired) electrons. The minimum Gasteiger partial charge on any atom is -0.346 e. The molecule has 0 bridgehead atoms. The Morgan fingerprint density at radius 3 is 2.58 bits per heavy atom. The molecule has 1 aliphatic rings. The molecule has 1 saturated heterocycles. The summed E-state index contributed by atoms with van der Waals surface area (Å²) in [7, 11) is 0. The monoisotopic (exact) mass is 522 g/mol. The van der Waals surface area contributed by atoms with Crippen molar-refractivity contribution in [3.05, 3.63) is 41.6 Å². The van der Waals surface area contributed by atoms with Gasteiger partial charge in [0.15, 0.2) is 0 Å². The molecule has 0 saturated carbocycles. The Morgan fingerprint density at radius 1 is 1.16 bits per heavy atom. The number of nitrogens with zero attached hydrogens (tertiary/aromatic N) is 3. The zero-order chi connectivity index (χ0) is 28.0. The summed E-state index contributed by atoms with van der Waals surface area (Å²) in [5.41, 5.74) is 4.68. The van der Waals surface area contributed by atoms with Gasteiger partial charge in [-0.15, -0.1) is 0 Å². The summed E-state index contributed by atoms with van der Waals surface area (Å²) in [6.45, 7) is 10.9. The molecule has 2 atom stereocenters. The number of benzene rings is 1. The lowest BCUT2D eigenvalue weighted by Gasteiger charge is -2.34. The molecule has 10 heteroatoms. The summed E-state index contributed by atoms with van der Waals surface area (Å²) in [4.78, 5) is 49.6. The molecule has 204 valence electrons. The summed E-state index contributed by atoms with van der Waals surface area (Å²) in [5.74, 6) is -0.892. The summed E-state index contributed by atoms with van der Waals surface area (Å²) < 4.78 is 0. The highest BCUT2D eigenvalue weighted by atomic mass is 16.2.